The SMILES string of the molecule is CC(C)C[C@@H](CO)NC(=O)c1c(-c2ccsc2)nc2c(C(=O)N[C@@H](C(=O)O)c3ccc(O)cc3)cccn12. The molecular weight excluding hydrogens is 508 g/mol. The number of pyridine rings is 1. The predicted octanol–water partition coefficient (Wildman–Crippen LogP) is 3.46. The number of imidazole rings is 1. The van der Waals surface area contributed by atoms with Crippen LogP contribution >= 0.6 is 11.3 Å². The van der Waals surface area contributed by atoms with Gasteiger partial charge in [0.25, 0.3) is 11.8 Å². The van der Waals surface area contributed by atoms with E-state index in [9.17, 15) is 29.7 Å². The summed E-state index contributed by atoms with van der Waals surface area (Å²) in [5.41, 5.74) is 1.77. The Morgan fingerprint density at radius 2 is 1.79 bits per heavy atom. The molecule has 3 heterocycles. The highest BCUT2D eigenvalue weighted by atomic mass is 32.1. The second kappa shape index (κ2) is 11.4. The van der Waals surface area contributed by atoms with Crippen LogP contribution in [-0.4, -0.2) is 55.1 Å². The fourth-order valence-corrected chi connectivity index (χ4v) is 4.87. The molecule has 5 N–H and O–H groups in total. The Bertz CT molecular complexity index is 1450. The number of hydrogen-bond donors (Lipinski definition) is 5. The van der Waals surface area contributed by atoms with Crippen molar-refractivity contribution in [1.29, 1.82) is 0 Å². The number of carboxylic acid groups (broad SMARTS) is 1. The number of aromatic nitrogens is 2. The molecule has 198 valence electrons. The van der Waals surface area contributed by atoms with Crippen LogP contribution in [0, 0.1) is 5.92 Å². The van der Waals surface area contributed by atoms with Crippen LogP contribution in [0.2, 0.25) is 0 Å². The first-order chi connectivity index (χ1) is 18.2. The van der Waals surface area contributed by atoms with E-state index in [4.69, 9.17) is 0 Å². The van der Waals surface area contributed by atoms with E-state index >= 15 is 0 Å². The van der Waals surface area contributed by atoms with Crippen LogP contribution in [0.15, 0.2) is 59.4 Å². The van der Waals surface area contributed by atoms with Crippen LogP contribution in [0.1, 0.15) is 52.7 Å². The van der Waals surface area contributed by atoms with E-state index in [-0.39, 0.29) is 40.7 Å². The third-order valence-electron chi connectivity index (χ3n) is 5.96. The van der Waals surface area contributed by atoms with Crippen molar-refractivity contribution in [3.63, 3.8) is 0 Å². The number of phenols is 1. The molecular formula is C27H28N4O6S. The molecule has 0 fully saturated rings. The first-order valence-electron chi connectivity index (χ1n) is 12.0. The molecule has 11 heteroatoms. The number of aromatic hydroxyl groups is 1. The highest BCUT2D eigenvalue weighted by molar-refractivity contribution is 7.08. The third-order valence-corrected chi connectivity index (χ3v) is 6.65. The van der Waals surface area contributed by atoms with E-state index in [1.165, 1.54) is 46.1 Å². The summed E-state index contributed by atoms with van der Waals surface area (Å²) in [4.78, 5) is 43.4. The fourth-order valence-electron chi connectivity index (χ4n) is 4.23. The lowest BCUT2D eigenvalue weighted by Gasteiger charge is -2.18. The van der Waals surface area contributed by atoms with E-state index < -0.39 is 29.9 Å². The number of fused-ring (bicyclic) bond motifs is 1. The molecule has 3 aromatic heterocycles. The van der Waals surface area contributed by atoms with Gasteiger partial charge in [0.2, 0.25) is 0 Å². The number of aliphatic hydroxyl groups is 1. The number of aliphatic carboxylic acids is 1. The number of benzene rings is 1. The Hall–Kier alpha value is -4.22. The summed E-state index contributed by atoms with van der Waals surface area (Å²) in [7, 11) is 0. The van der Waals surface area contributed by atoms with Crippen LogP contribution in [0.3, 0.4) is 0 Å². The van der Waals surface area contributed by atoms with Gasteiger partial charge >= 0.3 is 5.97 Å². The molecule has 0 saturated carbocycles. The maximum Gasteiger partial charge on any atom is 0.330 e. The molecule has 0 aliphatic rings. The number of aliphatic hydroxyl groups excluding tert-OH is 1. The summed E-state index contributed by atoms with van der Waals surface area (Å²) in [6.07, 6.45) is 2.18. The van der Waals surface area contributed by atoms with Crippen molar-refractivity contribution < 1.29 is 29.7 Å². The Morgan fingerprint density at radius 1 is 1.05 bits per heavy atom. The average molecular weight is 537 g/mol. The highest BCUT2D eigenvalue weighted by Crippen LogP contribution is 2.28. The zero-order chi connectivity index (χ0) is 27.4. The number of nitrogens with one attached hydrogen (secondary N) is 2. The van der Waals surface area contributed by atoms with Crippen molar-refractivity contribution in [3.8, 4) is 17.0 Å². The molecule has 4 rings (SSSR count). The maximum absolute atomic E-state index is 13.5. The molecule has 10 nitrogen and oxygen atoms in total. The number of rotatable bonds is 10. The zero-order valence-corrected chi connectivity index (χ0v) is 21.6. The molecule has 0 bridgehead atoms. The second-order valence-electron chi connectivity index (χ2n) is 9.26. The van der Waals surface area contributed by atoms with Crippen molar-refractivity contribution in [2.24, 2.45) is 5.92 Å². The molecule has 0 spiro atoms. The van der Waals surface area contributed by atoms with Gasteiger partial charge in [-0.2, -0.15) is 11.3 Å². The van der Waals surface area contributed by atoms with Crippen molar-refractivity contribution in [2.45, 2.75) is 32.4 Å². The minimum atomic E-state index is -1.38. The van der Waals surface area contributed by atoms with Gasteiger partial charge < -0.3 is 26.0 Å². The van der Waals surface area contributed by atoms with Gasteiger partial charge in [-0.25, -0.2) is 9.78 Å². The Kier molecular flexibility index (Phi) is 8.08. The van der Waals surface area contributed by atoms with Gasteiger partial charge in [0.05, 0.1) is 18.2 Å². The average Bonchev–Trinajstić information content (AvgIpc) is 3.54. The van der Waals surface area contributed by atoms with Crippen LogP contribution in [0.4, 0.5) is 0 Å². The Balaban J connectivity index is 1.75. The van der Waals surface area contributed by atoms with Gasteiger partial charge in [-0.3, -0.25) is 14.0 Å². The molecule has 1 aromatic carbocycles. The topological polar surface area (TPSA) is 153 Å². The number of carbonyl (C=O) groups excluding carboxylic acids is 2. The highest BCUT2D eigenvalue weighted by Gasteiger charge is 2.28. The predicted molar refractivity (Wildman–Crippen MR) is 142 cm³/mol. The minimum Gasteiger partial charge on any atom is -0.508 e. The third kappa shape index (κ3) is 5.68. The van der Waals surface area contributed by atoms with Gasteiger partial charge in [-0.05, 0) is 53.6 Å². The smallest absolute Gasteiger partial charge is 0.330 e. The van der Waals surface area contributed by atoms with Crippen molar-refractivity contribution in [1.82, 2.24) is 20.0 Å². The summed E-state index contributed by atoms with van der Waals surface area (Å²) in [5.74, 6) is -2.22. The molecule has 0 aliphatic heterocycles. The van der Waals surface area contributed by atoms with E-state index in [0.717, 1.165) is 0 Å². The fraction of sp³-hybridized carbons (Fsp3) is 0.259. The standard InChI is InChI=1S/C27H28N4O6S/c1-15(2)12-18(13-32)28-26(35)23-21(17-9-11-38-14-17)29-24-20(4-3-10-31(23)24)25(34)30-22(27(36)37)16-5-7-19(33)8-6-16/h3-11,14-15,18,22,32-33H,12-13H2,1-2H3,(H,28,35)(H,30,34)(H,36,37)/t18-,22+/m0/s1. The molecule has 0 saturated heterocycles. The first kappa shape index (κ1) is 26.8. The van der Waals surface area contributed by atoms with E-state index in [2.05, 4.69) is 15.6 Å². The van der Waals surface area contributed by atoms with Gasteiger partial charge in [0, 0.05) is 17.1 Å². The number of phenolic OH excluding ortho intramolecular Hbond substituents is 1. The second-order valence-corrected chi connectivity index (χ2v) is 10.0. The Morgan fingerprint density at radius 3 is 2.39 bits per heavy atom. The van der Waals surface area contributed by atoms with Crippen LogP contribution in [0.25, 0.3) is 16.9 Å². The lowest BCUT2D eigenvalue weighted by atomic mass is 10.0. The summed E-state index contributed by atoms with van der Waals surface area (Å²) in [6.45, 7) is 3.76. The van der Waals surface area contributed by atoms with Crippen molar-refractivity contribution >= 4 is 34.8 Å². The number of thiophene rings is 1. The van der Waals surface area contributed by atoms with Gasteiger partial charge in [0.15, 0.2) is 11.7 Å². The first-order valence-corrected chi connectivity index (χ1v) is 12.9. The van der Waals surface area contributed by atoms with E-state index in [1.54, 1.807) is 12.3 Å². The number of amides is 2. The molecule has 38 heavy (non-hydrogen) atoms. The van der Waals surface area contributed by atoms with Crippen LogP contribution < -0.4 is 10.6 Å². The number of carboxylic acids is 1. The monoisotopic (exact) mass is 536 g/mol. The minimum absolute atomic E-state index is 0.0324. The lowest BCUT2D eigenvalue weighted by Crippen LogP contribution is -2.39. The number of nitrogens with zero attached hydrogens (tertiary/aromatic N) is 2. The van der Waals surface area contributed by atoms with Crippen molar-refractivity contribution in [2.75, 3.05) is 6.61 Å². The maximum atomic E-state index is 13.5. The number of carbonyl (C=O) groups is 3. The zero-order valence-electron chi connectivity index (χ0n) is 20.8. The molecule has 2 amide bonds. The molecule has 4 aromatic rings. The van der Waals surface area contributed by atoms with Gasteiger partial charge in [-0.1, -0.05) is 26.0 Å². The van der Waals surface area contributed by atoms with E-state index in [1.807, 2.05) is 30.7 Å². The van der Waals surface area contributed by atoms with Crippen molar-refractivity contribution in [3.05, 3.63) is 76.2 Å². The lowest BCUT2D eigenvalue weighted by molar-refractivity contribution is -0.139. The molecule has 0 radical (unpaired) electrons. The largest absolute Gasteiger partial charge is 0.508 e. The summed E-state index contributed by atoms with van der Waals surface area (Å²) >= 11 is 1.43. The van der Waals surface area contributed by atoms with Crippen LogP contribution in [-0.2, 0) is 4.79 Å². The summed E-state index contributed by atoms with van der Waals surface area (Å²) in [6, 6.07) is 8.55. The van der Waals surface area contributed by atoms with Gasteiger partial charge in [0.1, 0.15) is 17.1 Å². The quantitative estimate of drug-likeness (QED) is 0.208. The number of hydrogen-bond acceptors (Lipinski definition) is 7. The van der Waals surface area contributed by atoms with Gasteiger partial charge in [-0.15, -0.1) is 0 Å². The Labute approximate surface area is 222 Å². The summed E-state index contributed by atoms with van der Waals surface area (Å²) in [5, 5.41) is 38.1. The van der Waals surface area contributed by atoms with Crippen LogP contribution in [0.5, 0.6) is 5.75 Å². The summed E-state index contributed by atoms with van der Waals surface area (Å²) < 4.78 is 1.50. The molecule has 0 unspecified atom stereocenters. The van der Waals surface area contributed by atoms with E-state index in [0.29, 0.717) is 17.7 Å². The molecule has 0 aliphatic carbocycles. The normalized spacial score (nSPS) is 12.8. The molecule has 2 atom stereocenters.